The van der Waals surface area contributed by atoms with E-state index in [1.165, 1.54) is 11.1 Å². The first-order chi connectivity index (χ1) is 14.5. The summed E-state index contributed by atoms with van der Waals surface area (Å²) in [7, 11) is 0. The number of carbonyl (C=O) groups excluding carboxylic acids is 1. The average Bonchev–Trinajstić information content (AvgIpc) is 3.12. The van der Waals surface area contributed by atoms with Crippen molar-refractivity contribution < 1.29 is 23.1 Å². The molecule has 1 aromatic carbocycles. The molecule has 0 spiro atoms. The number of alkyl halides is 3. The van der Waals surface area contributed by atoms with Crippen molar-refractivity contribution in [2.45, 2.75) is 33.9 Å². The van der Waals surface area contributed by atoms with Crippen LogP contribution in [0.25, 0.3) is 5.82 Å². The molecule has 2 aromatic heterocycles. The largest absolute Gasteiger partial charge is 0.417 e. The van der Waals surface area contributed by atoms with Gasteiger partial charge < -0.3 is 20.2 Å². The average molecular weight is 458 g/mol. The third kappa shape index (κ3) is 9.23. The van der Waals surface area contributed by atoms with E-state index in [0.29, 0.717) is 5.82 Å². The molecule has 3 N–H and O–H groups in total. The number of nitrogen functional groups attached to an aromatic ring is 1. The Hall–Kier alpha value is -2.84. The fourth-order valence-electron chi connectivity index (χ4n) is 2.23. The number of nitrogens with two attached hydrogens (primary N) is 1. The normalized spacial score (nSPS) is 9.97. The van der Waals surface area contributed by atoms with Crippen molar-refractivity contribution in [1.82, 2.24) is 9.55 Å². The molecular formula is C22H27ClF3N3O2. The van der Waals surface area contributed by atoms with Crippen LogP contribution in [0.4, 0.5) is 18.9 Å². The number of halogens is 4. The third-order valence-corrected chi connectivity index (χ3v) is 4.14. The van der Waals surface area contributed by atoms with E-state index < -0.39 is 11.7 Å². The van der Waals surface area contributed by atoms with Gasteiger partial charge in [0.05, 0.1) is 10.6 Å². The second kappa shape index (κ2) is 13.5. The summed E-state index contributed by atoms with van der Waals surface area (Å²) in [5, 5.41) is 7.54. The summed E-state index contributed by atoms with van der Waals surface area (Å²) in [6.07, 6.45) is -1.96. The first-order valence-electron chi connectivity index (χ1n) is 9.10. The molecule has 0 bridgehead atoms. The van der Waals surface area contributed by atoms with Crippen molar-refractivity contribution in [2.24, 2.45) is 0 Å². The van der Waals surface area contributed by atoms with E-state index in [1.54, 1.807) is 23.8 Å². The quantitative estimate of drug-likeness (QED) is 0.469. The number of aryl methyl sites for hydroxylation is 3. The first kappa shape index (κ1) is 28.2. The molecule has 0 aliphatic carbocycles. The molecule has 170 valence electrons. The molecule has 0 fully saturated rings. The summed E-state index contributed by atoms with van der Waals surface area (Å²) < 4.78 is 38.9. The molecule has 31 heavy (non-hydrogen) atoms. The summed E-state index contributed by atoms with van der Waals surface area (Å²) in [6.45, 7) is 9.89. The number of aromatic nitrogens is 2. The number of hydrogen-bond donors (Lipinski definition) is 2. The van der Waals surface area contributed by atoms with Gasteiger partial charge in [-0.1, -0.05) is 17.7 Å². The molecule has 0 amide bonds. The van der Waals surface area contributed by atoms with Gasteiger partial charge in [-0.15, -0.1) is 0 Å². The Morgan fingerprint density at radius 2 is 1.71 bits per heavy atom. The summed E-state index contributed by atoms with van der Waals surface area (Å²) in [5.41, 5.74) is 8.92. The molecule has 0 saturated heterocycles. The maximum atomic E-state index is 12.4. The van der Waals surface area contributed by atoms with Crippen molar-refractivity contribution >= 4 is 24.1 Å². The number of benzene rings is 1. The van der Waals surface area contributed by atoms with Crippen LogP contribution in [0.3, 0.4) is 0 Å². The van der Waals surface area contributed by atoms with Gasteiger partial charge in [-0.05, 0) is 69.2 Å². The van der Waals surface area contributed by atoms with Crippen LogP contribution in [0, 0.1) is 20.8 Å². The van der Waals surface area contributed by atoms with Crippen molar-refractivity contribution in [3.63, 3.8) is 0 Å². The van der Waals surface area contributed by atoms with Gasteiger partial charge in [0.2, 0.25) is 0 Å². The molecule has 0 unspecified atom stereocenters. The van der Waals surface area contributed by atoms with E-state index in [1.807, 2.05) is 38.0 Å². The number of nitrogens with zero attached hydrogens (tertiary/aromatic N) is 2. The van der Waals surface area contributed by atoms with Gasteiger partial charge in [-0.25, -0.2) is 4.98 Å². The van der Waals surface area contributed by atoms with Crippen molar-refractivity contribution in [3.8, 4) is 5.82 Å². The van der Waals surface area contributed by atoms with Gasteiger partial charge in [-0.3, -0.25) is 0 Å². The van der Waals surface area contributed by atoms with Crippen molar-refractivity contribution in [2.75, 3.05) is 12.3 Å². The van der Waals surface area contributed by atoms with Crippen LogP contribution in [-0.2, 0) is 11.0 Å². The molecule has 0 atom stereocenters. The van der Waals surface area contributed by atoms with E-state index in [-0.39, 0.29) is 11.6 Å². The molecule has 9 heteroatoms. The van der Waals surface area contributed by atoms with E-state index in [0.717, 1.165) is 23.6 Å². The number of aliphatic hydroxyl groups is 1. The lowest BCUT2D eigenvalue weighted by Crippen LogP contribution is -2.07. The molecular weight excluding hydrogens is 431 g/mol. The zero-order valence-electron chi connectivity index (χ0n) is 17.9. The van der Waals surface area contributed by atoms with E-state index in [2.05, 4.69) is 18.8 Å². The van der Waals surface area contributed by atoms with Gasteiger partial charge in [0.25, 0.3) is 0 Å². The Labute approximate surface area is 185 Å². The monoisotopic (exact) mass is 457 g/mol. The Balaban J connectivity index is 0.000000540. The number of rotatable bonds is 1. The number of anilines is 1. The lowest BCUT2D eigenvalue weighted by atomic mass is 10.1. The summed E-state index contributed by atoms with van der Waals surface area (Å²) in [6, 6.07) is 10.4. The van der Waals surface area contributed by atoms with Gasteiger partial charge in [0.1, 0.15) is 6.79 Å². The Kier molecular flexibility index (Phi) is 12.2. The van der Waals surface area contributed by atoms with Gasteiger partial charge in [0.15, 0.2) is 5.82 Å². The fraction of sp³-hybridized carbons (Fsp3) is 0.273. The Bertz CT molecular complexity index is 944. The summed E-state index contributed by atoms with van der Waals surface area (Å²) >= 11 is 5.82. The fourth-order valence-corrected chi connectivity index (χ4v) is 2.49. The number of hydrogen-bond acceptors (Lipinski definition) is 4. The minimum Gasteiger partial charge on any atom is -0.399 e. The van der Waals surface area contributed by atoms with Gasteiger partial charge in [-0.2, -0.15) is 13.2 Å². The standard InChI is InChI=1S/C11H8ClF3N2.C8H11N.C2H6O.CH2O/c1-7-3-2-4-17(7)10-9(12)5-8(6-16-10)11(13,14)15;1-6-3-4-8(9)5-7(6)2;1-2-3;1-2/h2-6H,1H3;3-5H,9H2,1-2H3;3H,2H2,1H3;1H2. The van der Waals surface area contributed by atoms with Crippen LogP contribution < -0.4 is 5.73 Å². The predicted molar refractivity (Wildman–Crippen MR) is 119 cm³/mol. The highest BCUT2D eigenvalue weighted by Crippen LogP contribution is 2.32. The second-order valence-corrected chi connectivity index (χ2v) is 6.61. The minimum atomic E-state index is -4.43. The first-order valence-corrected chi connectivity index (χ1v) is 9.48. The Morgan fingerprint density at radius 1 is 1.13 bits per heavy atom. The van der Waals surface area contributed by atoms with Crippen LogP contribution in [0.1, 0.15) is 29.3 Å². The van der Waals surface area contributed by atoms with Crippen LogP contribution in [-0.4, -0.2) is 28.1 Å². The zero-order chi connectivity index (χ0) is 24.2. The Morgan fingerprint density at radius 3 is 2.10 bits per heavy atom. The molecule has 0 aliphatic heterocycles. The van der Waals surface area contributed by atoms with Crippen LogP contribution in [0.2, 0.25) is 5.02 Å². The third-order valence-electron chi connectivity index (χ3n) is 3.86. The predicted octanol–water partition coefficient (Wildman–Crippen LogP) is 5.55. The highest BCUT2D eigenvalue weighted by atomic mass is 35.5. The van der Waals surface area contributed by atoms with E-state index >= 15 is 0 Å². The van der Waals surface area contributed by atoms with Gasteiger partial charge >= 0.3 is 6.18 Å². The van der Waals surface area contributed by atoms with Crippen LogP contribution in [0.15, 0.2) is 48.8 Å². The number of aliphatic hydroxyl groups excluding tert-OH is 1. The molecule has 3 aromatic rings. The van der Waals surface area contributed by atoms with Crippen molar-refractivity contribution in [1.29, 1.82) is 0 Å². The lowest BCUT2D eigenvalue weighted by Gasteiger charge is -2.10. The highest BCUT2D eigenvalue weighted by molar-refractivity contribution is 6.32. The molecule has 5 nitrogen and oxygen atoms in total. The molecule has 0 radical (unpaired) electrons. The highest BCUT2D eigenvalue weighted by Gasteiger charge is 2.31. The topological polar surface area (TPSA) is 81.1 Å². The second-order valence-electron chi connectivity index (χ2n) is 6.21. The molecule has 0 aliphatic rings. The molecule has 3 rings (SSSR count). The lowest BCUT2D eigenvalue weighted by molar-refractivity contribution is -0.137. The maximum Gasteiger partial charge on any atom is 0.417 e. The molecule has 2 heterocycles. The minimum absolute atomic E-state index is 0.0286. The van der Waals surface area contributed by atoms with Crippen molar-refractivity contribution in [3.05, 3.63) is 76.2 Å². The van der Waals surface area contributed by atoms with Crippen LogP contribution >= 0.6 is 11.6 Å². The van der Waals surface area contributed by atoms with Crippen LogP contribution in [0.5, 0.6) is 0 Å². The SMILES string of the molecule is C=O.CCO.Cc1ccc(N)cc1C.Cc1cccn1-c1ncc(C(F)(F)F)cc1Cl. The molecule has 0 saturated carbocycles. The summed E-state index contributed by atoms with van der Waals surface area (Å²) in [5.74, 6) is 0.294. The number of carbonyl (C=O) groups is 1. The van der Waals surface area contributed by atoms with E-state index in [4.69, 9.17) is 27.2 Å². The maximum absolute atomic E-state index is 12.4. The number of pyridine rings is 1. The smallest absolute Gasteiger partial charge is 0.399 e. The summed E-state index contributed by atoms with van der Waals surface area (Å²) in [4.78, 5) is 11.8. The zero-order valence-corrected chi connectivity index (χ0v) is 18.6. The van der Waals surface area contributed by atoms with Gasteiger partial charge in [0, 0.05) is 30.4 Å². The van der Waals surface area contributed by atoms with E-state index in [9.17, 15) is 13.2 Å².